The maximum atomic E-state index is 12.7. The Labute approximate surface area is 162 Å². The number of carbonyl (C=O) groups is 2. The SMILES string of the molecule is O=C(Nc1ccccc1Cl)N1CCN(C(=O)c2cc3n(n2)CCCC3)CC1. The number of aryl methyl sites for hydroxylation is 2. The number of halogens is 1. The van der Waals surface area contributed by atoms with Gasteiger partial charge in [0.15, 0.2) is 5.69 Å². The number of benzene rings is 1. The van der Waals surface area contributed by atoms with Crippen LogP contribution in [0.4, 0.5) is 10.5 Å². The highest BCUT2D eigenvalue weighted by Gasteiger charge is 2.27. The molecule has 1 aromatic carbocycles. The van der Waals surface area contributed by atoms with E-state index in [2.05, 4.69) is 10.4 Å². The maximum Gasteiger partial charge on any atom is 0.322 e. The number of fused-ring (bicyclic) bond motifs is 1. The van der Waals surface area contributed by atoms with E-state index in [0.29, 0.717) is 42.6 Å². The molecule has 2 aliphatic rings. The predicted octanol–water partition coefficient (Wildman–Crippen LogP) is 2.86. The maximum absolute atomic E-state index is 12.7. The topological polar surface area (TPSA) is 70.5 Å². The van der Waals surface area contributed by atoms with Gasteiger partial charge in [-0.15, -0.1) is 0 Å². The zero-order valence-electron chi connectivity index (χ0n) is 15.0. The standard InChI is InChI=1S/C19H22ClN5O2/c20-15-6-1-2-7-16(15)21-19(27)24-11-9-23(10-12-24)18(26)17-13-14-5-3-4-8-25(14)22-17/h1-2,6-7,13H,3-5,8-12H2,(H,21,27). The first kappa shape index (κ1) is 17.9. The van der Waals surface area contributed by atoms with Crippen molar-refractivity contribution in [2.75, 3.05) is 31.5 Å². The first-order valence-corrected chi connectivity index (χ1v) is 9.66. The molecule has 0 unspecified atom stereocenters. The van der Waals surface area contributed by atoms with Crippen LogP contribution in [0.25, 0.3) is 0 Å². The van der Waals surface area contributed by atoms with Crippen molar-refractivity contribution in [1.82, 2.24) is 19.6 Å². The molecular formula is C19H22ClN5O2. The van der Waals surface area contributed by atoms with E-state index in [-0.39, 0.29) is 11.9 Å². The fourth-order valence-corrected chi connectivity index (χ4v) is 3.74. The molecule has 0 radical (unpaired) electrons. The van der Waals surface area contributed by atoms with E-state index in [1.165, 1.54) is 0 Å². The number of nitrogens with one attached hydrogen (secondary N) is 1. The van der Waals surface area contributed by atoms with Gasteiger partial charge in [-0.05, 0) is 37.5 Å². The van der Waals surface area contributed by atoms with Gasteiger partial charge in [-0.3, -0.25) is 9.48 Å². The summed E-state index contributed by atoms with van der Waals surface area (Å²) in [6.07, 6.45) is 3.25. The highest BCUT2D eigenvalue weighted by molar-refractivity contribution is 6.33. The number of hydrogen-bond donors (Lipinski definition) is 1. The van der Waals surface area contributed by atoms with Gasteiger partial charge in [0.25, 0.3) is 5.91 Å². The summed E-state index contributed by atoms with van der Waals surface area (Å²) in [5.74, 6) is -0.0527. The van der Waals surface area contributed by atoms with Crippen molar-refractivity contribution < 1.29 is 9.59 Å². The van der Waals surface area contributed by atoms with Crippen LogP contribution in [0.15, 0.2) is 30.3 Å². The molecule has 0 atom stereocenters. The van der Waals surface area contributed by atoms with Crippen LogP contribution in [0.1, 0.15) is 29.0 Å². The largest absolute Gasteiger partial charge is 0.334 e. The third kappa shape index (κ3) is 3.78. The van der Waals surface area contributed by atoms with E-state index in [1.807, 2.05) is 22.9 Å². The van der Waals surface area contributed by atoms with E-state index in [9.17, 15) is 9.59 Å². The van der Waals surface area contributed by atoms with Gasteiger partial charge >= 0.3 is 6.03 Å². The Kier molecular flexibility index (Phi) is 5.03. The van der Waals surface area contributed by atoms with Gasteiger partial charge in [-0.1, -0.05) is 23.7 Å². The Hall–Kier alpha value is -2.54. The lowest BCUT2D eigenvalue weighted by molar-refractivity contribution is 0.0665. The molecule has 27 heavy (non-hydrogen) atoms. The molecule has 2 aliphatic heterocycles. The van der Waals surface area contributed by atoms with Crippen molar-refractivity contribution >= 4 is 29.2 Å². The summed E-state index contributed by atoms with van der Waals surface area (Å²) in [5, 5.41) is 7.79. The highest BCUT2D eigenvalue weighted by Crippen LogP contribution is 2.21. The van der Waals surface area contributed by atoms with Crippen LogP contribution in [0.2, 0.25) is 5.02 Å². The van der Waals surface area contributed by atoms with E-state index in [4.69, 9.17) is 11.6 Å². The number of nitrogens with zero attached hydrogens (tertiary/aromatic N) is 4. The molecule has 1 N–H and O–H groups in total. The lowest BCUT2D eigenvalue weighted by Gasteiger charge is -2.34. The predicted molar refractivity (Wildman–Crippen MR) is 103 cm³/mol. The lowest BCUT2D eigenvalue weighted by Crippen LogP contribution is -2.51. The van der Waals surface area contributed by atoms with Crippen LogP contribution >= 0.6 is 11.6 Å². The minimum absolute atomic E-state index is 0.0527. The summed E-state index contributed by atoms with van der Waals surface area (Å²) in [6, 6.07) is 8.85. The first-order chi connectivity index (χ1) is 13.1. The van der Waals surface area contributed by atoms with Gasteiger partial charge in [0.2, 0.25) is 0 Å². The molecule has 0 saturated carbocycles. The van der Waals surface area contributed by atoms with Gasteiger partial charge in [-0.25, -0.2) is 4.79 Å². The molecule has 3 amide bonds. The second-order valence-corrected chi connectivity index (χ2v) is 7.30. The van der Waals surface area contributed by atoms with Crippen molar-refractivity contribution in [2.45, 2.75) is 25.8 Å². The van der Waals surface area contributed by atoms with Crippen LogP contribution < -0.4 is 5.32 Å². The smallest absolute Gasteiger partial charge is 0.322 e. The summed E-state index contributed by atoms with van der Waals surface area (Å²) in [6.45, 7) is 2.84. The summed E-state index contributed by atoms with van der Waals surface area (Å²) >= 11 is 6.09. The molecule has 1 aromatic heterocycles. The second kappa shape index (κ2) is 7.60. The molecule has 1 fully saturated rings. The van der Waals surface area contributed by atoms with Crippen molar-refractivity contribution in [3.63, 3.8) is 0 Å². The Bertz CT molecular complexity index is 834. The third-order valence-electron chi connectivity index (χ3n) is 5.10. The Balaban J connectivity index is 1.34. The fraction of sp³-hybridized carbons (Fsp3) is 0.421. The summed E-state index contributed by atoms with van der Waals surface area (Å²) < 4.78 is 1.95. The highest BCUT2D eigenvalue weighted by atomic mass is 35.5. The average Bonchev–Trinajstić information content (AvgIpc) is 3.13. The number of urea groups is 1. The monoisotopic (exact) mass is 387 g/mol. The molecule has 2 aromatic rings. The minimum atomic E-state index is -0.201. The molecule has 0 aliphatic carbocycles. The number of hydrogen-bond acceptors (Lipinski definition) is 3. The average molecular weight is 388 g/mol. The molecule has 142 valence electrons. The molecule has 0 bridgehead atoms. The van der Waals surface area contributed by atoms with Gasteiger partial charge < -0.3 is 15.1 Å². The normalized spacial score (nSPS) is 16.8. The molecule has 4 rings (SSSR count). The summed E-state index contributed by atoms with van der Waals surface area (Å²) in [7, 11) is 0. The number of amides is 3. The van der Waals surface area contributed by atoms with Crippen molar-refractivity contribution in [3.8, 4) is 0 Å². The van der Waals surface area contributed by atoms with Gasteiger partial charge in [0, 0.05) is 38.4 Å². The van der Waals surface area contributed by atoms with Crippen molar-refractivity contribution in [2.24, 2.45) is 0 Å². The van der Waals surface area contributed by atoms with Crippen LogP contribution in [0, 0.1) is 0 Å². The number of aromatic nitrogens is 2. The van der Waals surface area contributed by atoms with E-state index < -0.39 is 0 Å². The van der Waals surface area contributed by atoms with E-state index >= 15 is 0 Å². The molecule has 8 heteroatoms. The Morgan fingerprint density at radius 1 is 1.00 bits per heavy atom. The van der Waals surface area contributed by atoms with Crippen LogP contribution in [0.3, 0.4) is 0 Å². The molecular weight excluding hydrogens is 366 g/mol. The quantitative estimate of drug-likeness (QED) is 0.861. The minimum Gasteiger partial charge on any atom is -0.334 e. The Morgan fingerprint density at radius 3 is 2.48 bits per heavy atom. The van der Waals surface area contributed by atoms with Crippen LogP contribution in [0.5, 0.6) is 0 Å². The van der Waals surface area contributed by atoms with Gasteiger partial charge in [0.05, 0.1) is 10.7 Å². The molecule has 1 saturated heterocycles. The summed E-state index contributed by atoms with van der Waals surface area (Å²) in [5.41, 5.74) is 2.24. The van der Waals surface area contributed by atoms with Crippen molar-refractivity contribution in [1.29, 1.82) is 0 Å². The first-order valence-electron chi connectivity index (χ1n) is 9.28. The number of rotatable bonds is 2. The fourth-order valence-electron chi connectivity index (χ4n) is 3.55. The van der Waals surface area contributed by atoms with E-state index in [1.54, 1.807) is 21.9 Å². The van der Waals surface area contributed by atoms with E-state index in [0.717, 1.165) is 31.5 Å². The second-order valence-electron chi connectivity index (χ2n) is 6.89. The zero-order valence-corrected chi connectivity index (χ0v) is 15.8. The lowest BCUT2D eigenvalue weighted by atomic mass is 10.1. The molecule has 7 nitrogen and oxygen atoms in total. The van der Waals surface area contributed by atoms with Crippen LogP contribution in [-0.4, -0.2) is 57.7 Å². The number of para-hydroxylation sites is 1. The van der Waals surface area contributed by atoms with Crippen LogP contribution in [-0.2, 0) is 13.0 Å². The zero-order chi connectivity index (χ0) is 18.8. The van der Waals surface area contributed by atoms with Crippen molar-refractivity contribution in [3.05, 3.63) is 46.7 Å². The Morgan fingerprint density at radius 2 is 1.74 bits per heavy atom. The number of carbonyl (C=O) groups excluding carboxylic acids is 2. The van der Waals surface area contributed by atoms with Gasteiger partial charge in [0.1, 0.15) is 0 Å². The number of piperazine rings is 1. The summed E-state index contributed by atoms with van der Waals surface area (Å²) in [4.78, 5) is 28.7. The number of anilines is 1. The molecule has 3 heterocycles. The molecule has 0 spiro atoms. The van der Waals surface area contributed by atoms with Gasteiger partial charge in [-0.2, -0.15) is 5.10 Å². The third-order valence-corrected chi connectivity index (χ3v) is 5.43.